The number of aliphatic hydroxyl groups excluding tert-OH is 1. The molecule has 0 bridgehead atoms. The van der Waals surface area contributed by atoms with E-state index >= 15 is 0 Å². The predicted octanol–water partition coefficient (Wildman–Crippen LogP) is 0.0469. The molecule has 1 amide bonds. The van der Waals surface area contributed by atoms with Gasteiger partial charge in [0, 0.05) is 11.1 Å². The second-order valence-electron chi connectivity index (χ2n) is 5.71. The fraction of sp³-hybridized carbons (Fsp3) is 0.462. The Morgan fingerprint density at radius 3 is 2.90 bits per heavy atom. The SMILES string of the molecule is CC1(C)COCN1C(O)n1nnc2cc(C(N)=O)ccc21. The minimum Gasteiger partial charge on any atom is -0.366 e. The molecule has 1 aliphatic rings. The van der Waals surface area contributed by atoms with Crippen molar-refractivity contribution >= 4 is 16.9 Å². The molecule has 1 aromatic carbocycles. The molecule has 112 valence electrons. The zero-order valence-electron chi connectivity index (χ0n) is 11.9. The normalized spacial score (nSPS) is 20.0. The fourth-order valence-corrected chi connectivity index (χ4v) is 2.43. The van der Waals surface area contributed by atoms with Gasteiger partial charge in [0.25, 0.3) is 0 Å². The molecule has 8 nitrogen and oxygen atoms in total. The van der Waals surface area contributed by atoms with E-state index in [-0.39, 0.29) is 5.54 Å². The third-order valence-electron chi connectivity index (χ3n) is 3.72. The monoisotopic (exact) mass is 291 g/mol. The highest BCUT2D eigenvalue weighted by Crippen LogP contribution is 2.29. The number of ether oxygens (including phenoxy) is 1. The number of fused-ring (bicyclic) bond motifs is 1. The number of primary amides is 1. The number of aromatic nitrogens is 3. The third-order valence-corrected chi connectivity index (χ3v) is 3.72. The fourth-order valence-electron chi connectivity index (χ4n) is 2.43. The van der Waals surface area contributed by atoms with Crippen molar-refractivity contribution in [2.24, 2.45) is 5.73 Å². The van der Waals surface area contributed by atoms with E-state index < -0.39 is 12.3 Å². The number of carbonyl (C=O) groups is 1. The van der Waals surface area contributed by atoms with Gasteiger partial charge in [-0.1, -0.05) is 5.21 Å². The molecule has 1 aromatic heterocycles. The minimum atomic E-state index is -0.994. The van der Waals surface area contributed by atoms with Crippen LogP contribution >= 0.6 is 0 Å². The van der Waals surface area contributed by atoms with Crippen molar-refractivity contribution in [3.8, 4) is 0 Å². The first kappa shape index (κ1) is 13.9. The van der Waals surface area contributed by atoms with E-state index in [2.05, 4.69) is 10.3 Å². The summed E-state index contributed by atoms with van der Waals surface area (Å²) in [6.45, 7) is 4.80. The molecule has 1 aliphatic heterocycles. The molecule has 0 spiro atoms. The number of amides is 1. The zero-order valence-corrected chi connectivity index (χ0v) is 11.9. The van der Waals surface area contributed by atoms with Crippen molar-refractivity contribution in [2.45, 2.75) is 25.7 Å². The van der Waals surface area contributed by atoms with E-state index in [9.17, 15) is 9.90 Å². The number of hydrogen-bond donors (Lipinski definition) is 2. The van der Waals surface area contributed by atoms with Gasteiger partial charge >= 0.3 is 0 Å². The molecule has 3 rings (SSSR count). The van der Waals surface area contributed by atoms with Gasteiger partial charge < -0.3 is 15.6 Å². The van der Waals surface area contributed by atoms with Gasteiger partial charge in [-0.15, -0.1) is 5.10 Å². The van der Waals surface area contributed by atoms with Crippen molar-refractivity contribution in [2.75, 3.05) is 13.3 Å². The second-order valence-corrected chi connectivity index (χ2v) is 5.71. The van der Waals surface area contributed by atoms with E-state index in [1.54, 1.807) is 23.1 Å². The molecular weight excluding hydrogens is 274 g/mol. The molecule has 0 radical (unpaired) electrons. The van der Waals surface area contributed by atoms with Gasteiger partial charge in [-0.3, -0.25) is 4.79 Å². The van der Waals surface area contributed by atoms with E-state index in [1.165, 1.54) is 4.68 Å². The van der Waals surface area contributed by atoms with Crippen LogP contribution < -0.4 is 5.73 Å². The summed E-state index contributed by atoms with van der Waals surface area (Å²) in [5, 5.41) is 18.5. The standard InChI is InChI=1S/C13H17N5O3/c1-13(2)6-21-7-17(13)12(20)18-10-4-3-8(11(14)19)5-9(10)15-16-18/h3-5,12,20H,6-7H2,1-2H3,(H2,14,19). The summed E-state index contributed by atoms with van der Waals surface area (Å²) in [6.07, 6.45) is -0.994. The Morgan fingerprint density at radius 1 is 1.52 bits per heavy atom. The maximum Gasteiger partial charge on any atom is 0.248 e. The van der Waals surface area contributed by atoms with Crippen LogP contribution in [0.1, 0.15) is 30.6 Å². The molecule has 3 N–H and O–H groups in total. The van der Waals surface area contributed by atoms with Crippen LogP contribution in [0.4, 0.5) is 0 Å². The van der Waals surface area contributed by atoms with Gasteiger partial charge in [0.15, 0.2) is 0 Å². The lowest BCUT2D eigenvalue weighted by Gasteiger charge is -2.32. The highest BCUT2D eigenvalue weighted by molar-refractivity contribution is 5.96. The molecule has 0 saturated carbocycles. The van der Waals surface area contributed by atoms with E-state index in [1.807, 2.05) is 13.8 Å². The number of aliphatic hydroxyl groups is 1. The second kappa shape index (κ2) is 4.76. The average Bonchev–Trinajstić information content (AvgIpc) is 3.00. The quantitative estimate of drug-likeness (QED) is 0.827. The molecule has 2 aromatic rings. The topological polar surface area (TPSA) is 106 Å². The van der Waals surface area contributed by atoms with Crippen LogP contribution in [0.3, 0.4) is 0 Å². The minimum absolute atomic E-state index is 0.301. The molecule has 1 saturated heterocycles. The first-order valence-corrected chi connectivity index (χ1v) is 6.57. The van der Waals surface area contributed by atoms with Crippen molar-refractivity contribution < 1.29 is 14.6 Å². The summed E-state index contributed by atoms with van der Waals surface area (Å²) in [5.41, 5.74) is 6.42. The smallest absolute Gasteiger partial charge is 0.248 e. The largest absolute Gasteiger partial charge is 0.366 e. The Morgan fingerprint density at radius 2 is 2.29 bits per heavy atom. The van der Waals surface area contributed by atoms with Crippen LogP contribution in [0.2, 0.25) is 0 Å². The van der Waals surface area contributed by atoms with Gasteiger partial charge in [-0.2, -0.15) is 0 Å². The maximum absolute atomic E-state index is 11.2. The van der Waals surface area contributed by atoms with Crippen LogP contribution in [0.5, 0.6) is 0 Å². The Kier molecular flexibility index (Phi) is 3.16. The van der Waals surface area contributed by atoms with E-state index in [4.69, 9.17) is 10.5 Å². The number of rotatable bonds is 3. The first-order valence-electron chi connectivity index (χ1n) is 6.57. The summed E-state index contributed by atoms with van der Waals surface area (Å²) in [5.74, 6) is -0.527. The van der Waals surface area contributed by atoms with Crippen molar-refractivity contribution in [3.63, 3.8) is 0 Å². The summed E-state index contributed by atoms with van der Waals surface area (Å²) in [6, 6.07) is 4.81. The molecule has 1 atom stereocenters. The number of benzene rings is 1. The molecule has 2 heterocycles. The zero-order chi connectivity index (χ0) is 15.2. The Balaban J connectivity index is 1.99. The molecule has 8 heteroatoms. The molecule has 1 unspecified atom stereocenters. The van der Waals surface area contributed by atoms with Crippen LogP contribution in [-0.2, 0) is 4.74 Å². The van der Waals surface area contributed by atoms with Gasteiger partial charge in [0.2, 0.25) is 12.3 Å². The molecular formula is C13H17N5O3. The predicted molar refractivity (Wildman–Crippen MR) is 74.0 cm³/mol. The Bertz CT molecular complexity index is 696. The summed E-state index contributed by atoms with van der Waals surface area (Å²) in [4.78, 5) is 13.0. The number of hydrogen-bond acceptors (Lipinski definition) is 6. The lowest BCUT2D eigenvalue weighted by atomic mass is 10.1. The Labute approximate surface area is 121 Å². The van der Waals surface area contributed by atoms with E-state index in [0.29, 0.717) is 29.9 Å². The number of nitrogens with two attached hydrogens (primary N) is 1. The van der Waals surface area contributed by atoms with Gasteiger partial charge in [-0.05, 0) is 32.0 Å². The highest BCUT2D eigenvalue weighted by Gasteiger charge is 2.38. The lowest BCUT2D eigenvalue weighted by Crippen LogP contribution is -2.44. The van der Waals surface area contributed by atoms with Gasteiger partial charge in [0.1, 0.15) is 12.2 Å². The average molecular weight is 291 g/mol. The maximum atomic E-state index is 11.2. The highest BCUT2D eigenvalue weighted by atomic mass is 16.5. The van der Waals surface area contributed by atoms with Crippen LogP contribution in [0, 0.1) is 0 Å². The Hall–Kier alpha value is -2.03. The summed E-state index contributed by atoms with van der Waals surface area (Å²) < 4.78 is 6.80. The first-order chi connectivity index (χ1) is 9.90. The van der Waals surface area contributed by atoms with Crippen LogP contribution in [-0.4, -0.2) is 49.8 Å². The molecule has 21 heavy (non-hydrogen) atoms. The van der Waals surface area contributed by atoms with E-state index in [0.717, 1.165) is 0 Å². The van der Waals surface area contributed by atoms with Crippen molar-refractivity contribution in [1.29, 1.82) is 0 Å². The third kappa shape index (κ3) is 2.27. The van der Waals surface area contributed by atoms with Crippen molar-refractivity contribution in [3.05, 3.63) is 23.8 Å². The number of nitrogens with zero attached hydrogens (tertiary/aromatic N) is 4. The van der Waals surface area contributed by atoms with Gasteiger partial charge in [-0.25, -0.2) is 9.58 Å². The van der Waals surface area contributed by atoms with Gasteiger partial charge in [0.05, 0.1) is 12.1 Å². The van der Waals surface area contributed by atoms with Crippen LogP contribution in [0.25, 0.3) is 11.0 Å². The van der Waals surface area contributed by atoms with Crippen LogP contribution in [0.15, 0.2) is 18.2 Å². The molecule has 1 fully saturated rings. The molecule has 0 aliphatic carbocycles. The summed E-state index contributed by atoms with van der Waals surface area (Å²) in [7, 11) is 0. The lowest BCUT2D eigenvalue weighted by molar-refractivity contribution is -0.0990. The number of carbonyl (C=O) groups excluding carboxylic acids is 1. The van der Waals surface area contributed by atoms with Crippen molar-refractivity contribution in [1.82, 2.24) is 19.9 Å². The summed E-state index contributed by atoms with van der Waals surface area (Å²) >= 11 is 0.